The fraction of sp³-hybridized carbons (Fsp3) is 0.900. The van der Waals surface area contributed by atoms with Crippen molar-refractivity contribution in [3.05, 3.63) is 0 Å². The molecular formula is C10H20BNO2. The highest BCUT2D eigenvalue weighted by molar-refractivity contribution is 6.41. The van der Waals surface area contributed by atoms with Gasteiger partial charge in [-0.05, 0) is 24.6 Å². The van der Waals surface area contributed by atoms with Gasteiger partial charge < -0.3 is 10.0 Å². The van der Waals surface area contributed by atoms with Crippen LogP contribution in [0.25, 0.3) is 0 Å². The molecule has 0 aromatic heterocycles. The Bertz CT molecular complexity index is 189. The average molecular weight is 197 g/mol. The van der Waals surface area contributed by atoms with E-state index in [0.29, 0.717) is 11.8 Å². The van der Waals surface area contributed by atoms with Gasteiger partial charge in [-0.25, -0.2) is 0 Å². The molecule has 0 fully saturated rings. The summed E-state index contributed by atoms with van der Waals surface area (Å²) in [5.41, 5.74) is 0. The fourth-order valence-corrected chi connectivity index (χ4v) is 1.73. The molecule has 0 heterocycles. The molecule has 0 saturated heterocycles. The highest BCUT2D eigenvalue weighted by Crippen LogP contribution is 2.25. The second-order valence-electron chi connectivity index (χ2n) is 4.19. The zero-order chi connectivity index (χ0) is 11.1. The Morgan fingerprint density at radius 2 is 1.93 bits per heavy atom. The molecular weight excluding hydrogens is 177 g/mol. The van der Waals surface area contributed by atoms with Gasteiger partial charge in [-0.15, -0.1) is 0 Å². The molecule has 0 amide bonds. The van der Waals surface area contributed by atoms with Crippen molar-refractivity contribution in [2.75, 3.05) is 0 Å². The number of rotatable bonds is 6. The second-order valence-corrected chi connectivity index (χ2v) is 4.19. The lowest BCUT2D eigenvalue weighted by atomic mass is 9.74. The van der Waals surface area contributed by atoms with Gasteiger partial charge in [0.2, 0.25) is 0 Å². The fourth-order valence-electron chi connectivity index (χ4n) is 1.73. The van der Waals surface area contributed by atoms with Crippen LogP contribution in [0.5, 0.6) is 0 Å². The lowest BCUT2D eigenvalue weighted by Gasteiger charge is -2.21. The topological polar surface area (TPSA) is 64.2 Å². The lowest BCUT2D eigenvalue weighted by molar-refractivity contribution is 0.312. The average Bonchev–Trinajstić information content (AvgIpc) is 2.10. The Morgan fingerprint density at radius 3 is 2.21 bits per heavy atom. The Labute approximate surface area is 86.9 Å². The highest BCUT2D eigenvalue weighted by atomic mass is 16.4. The third-order valence-electron chi connectivity index (χ3n) is 2.73. The van der Waals surface area contributed by atoms with Crippen molar-refractivity contribution >= 4 is 7.12 Å². The van der Waals surface area contributed by atoms with E-state index in [1.807, 2.05) is 0 Å². The van der Waals surface area contributed by atoms with Gasteiger partial charge in [0.15, 0.2) is 0 Å². The second kappa shape index (κ2) is 6.86. The molecule has 0 aliphatic carbocycles. The van der Waals surface area contributed by atoms with Gasteiger partial charge in [0.05, 0.1) is 6.07 Å². The van der Waals surface area contributed by atoms with Crippen molar-refractivity contribution in [2.24, 2.45) is 17.8 Å². The third kappa shape index (κ3) is 5.26. The van der Waals surface area contributed by atoms with Crippen LogP contribution in [0.1, 0.15) is 33.6 Å². The maximum atomic E-state index is 8.83. The first-order chi connectivity index (χ1) is 6.51. The predicted octanol–water partition coefficient (Wildman–Crippen LogP) is 1.67. The van der Waals surface area contributed by atoms with Crippen LogP contribution in [-0.2, 0) is 0 Å². The van der Waals surface area contributed by atoms with Crippen molar-refractivity contribution in [1.82, 2.24) is 0 Å². The van der Waals surface area contributed by atoms with E-state index in [9.17, 15) is 0 Å². The Kier molecular flexibility index (Phi) is 6.60. The Morgan fingerprint density at radius 1 is 1.36 bits per heavy atom. The molecule has 14 heavy (non-hydrogen) atoms. The van der Waals surface area contributed by atoms with Crippen LogP contribution in [0.3, 0.4) is 0 Å². The lowest BCUT2D eigenvalue weighted by Crippen LogP contribution is -2.19. The minimum absolute atomic E-state index is 0.166. The number of hydrogen-bond donors (Lipinski definition) is 2. The number of nitrogens with zero attached hydrogens (tertiary/aromatic N) is 1. The van der Waals surface area contributed by atoms with Gasteiger partial charge in [-0.2, -0.15) is 5.26 Å². The predicted molar refractivity (Wildman–Crippen MR) is 57.3 cm³/mol. The molecule has 0 rings (SSSR count). The van der Waals surface area contributed by atoms with Crippen molar-refractivity contribution in [3.63, 3.8) is 0 Å². The van der Waals surface area contributed by atoms with E-state index >= 15 is 0 Å². The van der Waals surface area contributed by atoms with Crippen LogP contribution in [0.15, 0.2) is 0 Å². The van der Waals surface area contributed by atoms with Gasteiger partial charge in [-0.3, -0.25) is 0 Å². The van der Waals surface area contributed by atoms with Crippen molar-refractivity contribution in [3.8, 4) is 6.07 Å². The first-order valence-electron chi connectivity index (χ1n) is 5.27. The Hall–Kier alpha value is -0.525. The summed E-state index contributed by atoms with van der Waals surface area (Å²) in [7, 11) is -1.36. The summed E-state index contributed by atoms with van der Waals surface area (Å²) in [6, 6.07) is 2.13. The van der Waals surface area contributed by atoms with E-state index in [2.05, 4.69) is 26.8 Å². The normalized spacial score (nSPS) is 14.9. The van der Waals surface area contributed by atoms with E-state index in [-0.39, 0.29) is 12.2 Å². The molecule has 0 bridgehead atoms. The largest absolute Gasteiger partial charge is 0.452 e. The molecule has 0 radical (unpaired) electrons. The SMILES string of the molecule is CCC(CC(C#N)CB(O)O)C(C)C. The minimum Gasteiger partial charge on any atom is -0.427 e. The number of hydrogen-bond acceptors (Lipinski definition) is 3. The number of nitriles is 1. The van der Waals surface area contributed by atoms with E-state index in [1.165, 1.54) is 0 Å². The summed E-state index contributed by atoms with van der Waals surface area (Å²) in [6.07, 6.45) is 1.97. The van der Waals surface area contributed by atoms with Gasteiger partial charge >= 0.3 is 7.12 Å². The third-order valence-corrected chi connectivity index (χ3v) is 2.73. The molecule has 2 atom stereocenters. The zero-order valence-electron chi connectivity index (χ0n) is 9.27. The molecule has 3 nitrogen and oxygen atoms in total. The summed E-state index contributed by atoms with van der Waals surface area (Å²) >= 11 is 0. The zero-order valence-corrected chi connectivity index (χ0v) is 9.27. The molecule has 0 spiro atoms. The maximum absolute atomic E-state index is 8.83. The first-order valence-corrected chi connectivity index (χ1v) is 5.27. The quantitative estimate of drug-likeness (QED) is 0.636. The monoisotopic (exact) mass is 197 g/mol. The summed E-state index contributed by atoms with van der Waals surface area (Å²) in [5.74, 6) is 0.812. The van der Waals surface area contributed by atoms with Crippen molar-refractivity contribution in [2.45, 2.75) is 39.9 Å². The molecule has 2 N–H and O–H groups in total. The van der Waals surface area contributed by atoms with Crippen LogP contribution in [0, 0.1) is 29.1 Å². The van der Waals surface area contributed by atoms with Gasteiger partial charge in [0.1, 0.15) is 0 Å². The van der Waals surface area contributed by atoms with E-state index in [0.717, 1.165) is 12.8 Å². The molecule has 0 aliphatic rings. The summed E-state index contributed by atoms with van der Waals surface area (Å²) in [5, 5.41) is 26.4. The summed E-state index contributed by atoms with van der Waals surface area (Å²) in [6.45, 7) is 6.38. The summed E-state index contributed by atoms with van der Waals surface area (Å²) < 4.78 is 0. The van der Waals surface area contributed by atoms with Gasteiger partial charge in [-0.1, -0.05) is 27.2 Å². The van der Waals surface area contributed by atoms with Crippen LogP contribution in [0.4, 0.5) is 0 Å². The molecule has 0 saturated carbocycles. The maximum Gasteiger partial charge on any atom is 0.452 e. The first kappa shape index (κ1) is 13.5. The van der Waals surface area contributed by atoms with E-state index < -0.39 is 7.12 Å². The molecule has 0 aromatic rings. The van der Waals surface area contributed by atoms with Gasteiger partial charge in [0, 0.05) is 5.92 Å². The highest BCUT2D eigenvalue weighted by Gasteiger charge is 2.21. The van der Waals surface area contributed by atoms with Crippen molar-refractivity contribution < 1.29 is 10.0 Å². The standard InChI is InChI=1S/C10H20BNO2/c1-4-10(8(2)3)5-9(7-12)6-11(13)14/h8-10,13-14H,4-6H2,1-3H3. The van der Waals surface area contributed by atoms with Gasteiger partial charge in [0.25, 0.3) is 0 Å². The van der Waals surface area contributed by atoms with E-state index in [1.54, 1.807) is 0 Å². The molecule has 0 aromatic carbocycles. The van der Waals surface area contributed by atoms with Crippen LogP contribution in [-0.4, -0.2) is 17.2 Å². The van der Waals surface area contributed by atoms with Crippen LogP contribution >= 0.6 is 0 Å². The minimum atomic E-state index is -1.36. The molecule has 80 valence electrons. The molecule has 0 aliphatic heterocycles. The van der Waals surface area contributed by atoms with Crippen LogP contribution in [0.2, 0.25) is 6.32 Å². The van der Waals surface area contributed by atoms with Crippen LogP contribution < -0.4 is 0 Å². The summed E-state index contributed by atoms with van der Waals surface area (Å²) in [4.78, 5) is 0. The van der Waals surface area contributed by atoms with E-state index in [4.69, 9.17) is 15.3 Å². The molecule has 2 unspecified atom stereocenters. The smallest absolute Gasteiger partial charge is 0.427 e. The molecule has 4 heteroatoms. The van der Waals surface area contributed by atoms with Crippen molar-refractivity contribution in [1.29, 1.82) is 5.26 Å². The Balaban J connectivity index is 4.09.